The molecule has 1 fully saturated rings. The molecule has 7 nitrogen and oxygen atoms in total. The van der Waals surface area contributed by atoms with Crippen LogP contribution in [0.3, 0.4) is 0 Å². The van der Waals surface area contributed by atoms with E-state index < -0.39 is 10.0 Å². The van der Waals surface area contributed by atoms with Gasteiger partial charge in [-0.3, -0.25) is 4.90 Å². The maximum absolute atomic E-state index is 12.4. The summed E-state index contributed by atoms with van der Waals surface area (Å²) in [7, 11) is -3.34. The Bertz CT molecular complexity index is 688. The summed E-state index contributed by atoms with van der Waals surface area (Å²) in [5.74, 6) is 1.12. The van der Waals surface area contributed by atoms with E-state index in [2.05, 4.69) is 15.1 Å². The lowest BCUT2D eigenvalue weighted by Gasteiger charge is -2.32. The SMILES string of the molecule is Cc1nnc(CN2CCN(S(=O)(=O)c3cccs3)CC2)o1. The van der Waals surface area contributed by atoms with Crippen molar-refractivity contribution >= 4 is 21.4 Å². The number of aromatic nitrogens is 2. The van der Waals surface area contributed by atoms with Crippen LogP contribution in [0.5, 0.6) is 0 Å². The molecule has 2 aromatic rings. The Labute approximate surface area is 127 Å². The maximum Gasteiger partial charge on any atom is 0.252 e. The third kappa shape index (κ3) is 3.15. The molecule has 0 bridgehead atoms. The lowest BCUT2D eigenvalue weighted by atomic mass is 10.3. The van der Waals surface area contributed by atoms with Crippen molar-refractivity contribution in [3.8, 4) is 0 Å². The smallest absolute Gasteiger partial charge is 0.252 e. The molecule has 3 heterocycles. The zero-order chi connectivity index (χ0) is 14.9. The van der Waals surface area contributed by atoms with Crippen molar-refractivity contribution in [1.29, 1.82) is 0 Å². The van der Waals surface area contributed by atoms with Crippen LogP contribution < -0.4 is 0 Å². The highest BCUT2D eigenvalue weighted by Gasteiger charge is 2.29. The number of rotatable bonds is 4. The van der Waals surface area contributed by atoms with Gasteiger partial charge < -0.3 is 4.42 Å². The molecule has 0 saturated carbocycles. The Balaban J connectivity index is 1.60. The molecule has 0 aliphatic carbocycles. The minimum atomic E-state index is -3.34. The Morgan fingerprint density at radius 2 is 2.05 bits per heavy atom. The van der Waals surface area contributed by atoms with Crippen molar-refractivity contribution in [2.45, 2.75) is 17.7 Å². The number of sulfonamides is 1. The summed E-state index contributed by atoms with van der Waals surface area (Å²) in [6, 6.07) is 3.40. The Morgan fingerprint density at radius 3 is 2.62 bits per heavy atom. The first-order valence-corrected chi connectivity index (χ1v) is 8.93. The van der Waals surface area contributed by atoms with Gasteiger partial charge in [0.25, 0.3) is 10.0 Å². The summed E-state index contributed by atoms with van der Waals surface area (Å²) < 4.78 is 32.1. The van der Waals surface area contributed by atoms with Crippen molar-refractivity contribution in [2.24, 2.45) is 0 Å². The Hall–Kier alpha value is -1.29. The molecule has 0 spiro atoms. The zero-order valence-electron chi connectivity index (χ0n) is 11.6. The van der Waals surface area contributed by atoms with E-state index in [1.165, 1.54) is 15.6 Å². The van der Waals surface area contributed by atoms with Gasteiger partial charge in [0.2, 0.25) is 11.8 Å². The standard InChI is InChI=1S/C12H16N4O3S2/c1-10-13-14-11(19-10)9-15-4-6-16(7-5-15)21(17,18)12-3-2-8-20-12/h2-3,8H,4-7,9H2,1H3. The summed E-state index contributed by atoms with van der Waals surface area (Å²) in [6.45, 7) is 4.59. The first-order valence-electron chi connectivity index (χ1n) is 6.61. The second-order valence-electron chi connectivity index (χ2n) is 4.83. The first kappa shape index (κ1) is 14.6. The molecular formula is C12H16N4O3S2. The van der Waals surface area contributed by atoms with Gasteiger partial charge in [0.15, 0.2) is 0 Å². The molecule has 2 aromatic heterocycles. The van der Waals surface area contributed by atoms with Gasteiger partial charge in [0.05, 0.1) is 6.54 Å². The van der Waals surface area contributed by atoms with Crippen LogP contribution in [0, 0.1) is 6.92 Å². The van der Waals surface area contributed by atoms with E-state index >= 15 is 0 Å². The molecular weight excluding hydrogens is 312 g/mol. The van der Waals surface area contributed by atoms with E-state index in [0.717, 1.165) is 0 Å². The molecule has 1 aliphatic rings. The molecule has 1 aliphatic heterocycles. The lowest BCUT2D eigenvalue weighted by molar-refractivity contribution is 0.168. The highest BCUT2D eigenvalue weighted by Crippen LogP contribution is 2.22. The lowest BCUT2D eigenvalue weighted by Crippen LogP contribution is -2.48. The fraction of sp³-hybridized carbons (Fsp3) is 0.500. The second-order valence-corrected chi connectivity index (χ2v) is 7.94. The van der Waals surface area contributed by atoms with Gasteiger partial charge in [-0.15, -0.1) is 21.5 Å². The quantitative estimate of drug-likeness (QED) is 0.831. The van der Waals surface area contributed by atoms with Gasteiger partial charge in [-0.1, -0.05) is 6.07 Å². The molecule has 21 heavy (non-hydrogen) atoms. The molecule has 0 radical (unpaired) electrons. The summed E-state index contributed by atoms with van der Waals surface area (Å²) in [4.78, 5) is 2.12. The zero-order valence-corrected chi connectivity index (χ0v) is 13.2. The normalized spacial score (nSPS) is 18.1. The van der Waals surface area contributed by atoms with Crippen LogP contribution in [-0.2, 0) is 16.6 Å². The fourth-order valence-electron chi connectivity index (χ4n) is 2.26. The molecule has 0 aromatic carbocycles. The van der Waals surface area contributed by atoms with Crippen molar-refractivity contribution in [2.75, 3.05) is 26.2 Å². The van der Waals surface area contributed by atoms with Gasteiger partial charge in [0, 0.05) is 33.1 Å². The third-order valence-electron chi connectivity index (χ3n) is 3.35. The number of hydrogen-bond acceptors (Lipinski definition) is 7. The minimum absolute atomic E-state index is 0.406. The predicted octanol–water partition coefficient (Wildman–Crippen LogP) is 0.946. The Kier molecular flexibility index (Phi) is 4.07. The molecule has 1 saturated heterocycles. The second kappa shape index (κ2) is 5.84. The highest BCUT2D eigenvalue weighted by molar-refractivity contribution is 7.91. The maximum atomic E-state index is 12.4. The Morgan fingerprint density at radius 1 is 1.29 bits per heavy atom. The van der Waals surface area contributed by atoms with Crippen LogP contribution in [0.15, 0.2) is 26.1 Å². The molecule has 9 heteroatoms. The summed E-state index contributed by atoms with van der Waals surface area (Å²) in [5.41, 5.74) is 0. The fourth-order valence-corrected chi connectivity index (χ4v) is 4.82. The van der Waals surface area contributed by atoms with Gasteiger partial charge in [-0.2, -0.15) is 4.31 Å². The van der Waals surface area contributed by atoms with E-state index in [9.17, 15) is 8.42 Å². The van der Waals surface area contributed by atoms with Crippen LogP contribution in [0.4, 0.5) is 0 Å². The number of piperazine rings is 1. The minimum Gasteiger partial charge on any atom is -0.424 e. The molecule has 0 unspecified atom stereocenters. The molecule has 114 valence electrons. The van der Waals surface area contributed by atoms with E-state index in [-0.39, 0.29) is 0 Å². The molecule has 3 rings (SSSR count). The first-order chi connectivity index (χ1) is 10.1. The van der Waals surface area contributed by atoms with Crippen molar-refractivity contribution in [3.05, 3.63) is 29.3 Å². The monoisotopic (exact) mass is 328 g/mol. The van der Waals surface area contributed by atoms with Gasteiger partial charge in [-0.25, -0.2) is 8.42 Å². The van der Waals surface area contributed by atoms with Crippen LogP contribution in [-0.4, -0.2) is 54.0 Å². The van der Waals surface area contributed by atoms with Gasteiger partial charge in [0.1, 0.15) is 4.21 Å². The third-order valence-corrected chi connectivity index (χ3v) is 6.62. The van der Waals surface area contributed by atoms with Crippen LogP contribution in [0.25, 0.3) is 0 Å². The van der Waals surface area contributed by atoms with E-state index in [0.29, 0.717) is 48.7 Å². The number of nitrogens with zero attached hydrogens (tertiary/aromatic N) is 4. The van der Waals surface area contributed by atoms with Gasteiger partial charge >= 0.3 is 0 Å². The number of hydrogen-bond donors (Lipinski definition) is 0. The van der Waals surface area contributed by atoms with Gasteiger partial charge in [-0.05, 0) is 11.4 Å². The summed E-state index contributed by atoms with van der Waals surface area (Å²) in [5, 5.41) is 9.53. The predicted molar refractivity (Wildman–Crippen MR) is 77.4 cm³/mol. The number of aryl methyl sites for hydroxylation is 1. The molecule has 0 amide bonds. The average Bonchev–Trinajstić information content (AvgIpc) is 3.11. The van der Waals surface area contributed by atoms with Crippen LogP contribution in [0.1, 0.15) is 11.8 Å². The topological polar surface area (TPSA) is 79.5 Å². The average molecular weight is 328 g/mol. The summed E-state index contributed by atoms with van der Waals surface area (Å²) in [6.07, 6.45) is 0. The van der Waals surface area contributed by atoms with E-state index in [4.69, 9.17) is 4.42 Å². The van der Waals surface area contributed by atoms with E-state index in [1.807, 2.05) is 0 Å². The van der Waals surface area contributed by atoms with Crippen LogP contribution in [0.2, 0.25) is 0 Å². The molecule has 0 N–H and O–H groups in total. The summed E-state index contributed by atoms with van der Waals surface area (Å²) >= 11 is 1.25. The number of thiophene rings is 1. The van der Waals surface area contributed by atoms with Crippen LogP contribution >= 0.6 is 11.3 Å². The van der Waals surface area contributed by atoms with Crippen molar-refractivity contribution in [1.82, 2.24) is 19.4 Å². The van der Waals surface area contributed by atoms with Crippen molar-refractivity contribution in [3.63, 3.8) is 0 Å². The molecule has 0 atom stereocenters. The highest BCUT2D eigenvalue weighted by atomic mass is 32.2. The van der Waals surface area contributed by atoms with E-state index in [1.54, 1.807) is 24.4 Å². The van der Waals surface area contributed by atoms with Crippen molar-refractivity contribution < 1.29 is 12.8 Å². The largest absolute Gasteiger partial charge is 0.424 e.